The number of hydrogen-bond acceptors (Lipinski definition) is 4. The van der Waals surface area contributed by atoms with Crippen LogP contribution in [0.3, 0.4) is 0 Å². The maximum atomic E-state index is 11.7. The van der Waals surface area contributed by atoms with E-state index in [9.17, 15) is 14.7 Å². The van der Waals surface area contributed by atoms with Gasteiger partial charge in [0, 0.05) is 6.42 Å². The molecule has 1 aromatic carbocycles. The zero-order valence-electron chi connectivity index (χ0n) is 11.4. The number of carbonyl (C=O) groups excluding carboxylic acids is 1. The number of rotatable bonds is 5. The van der Waals surface area contributed by atoms with Crippen LogP contribution in [0.25, 0.3) is 0 Å². The molecular formula is C15H18O5. The maximum Gasteiger partial charge on any atom is 0.320 e. The number of carbonyl (C=O) groups is 2. The zero-order valence-corrected chi connectivity index (χ0v) is 11.4. The normalized spacial score (nSPS) is 18.9. The van der Waals surface area contributed by atoms with Crippen LogP contribution in [0.1, 0.15) is 30.6 Å². The summed E-state index contributed by atoms with van der Waals surface area (Å²) < 4.78 is 10.5. The monoisotopic (exact) mass is 278 g/mol. The second kappa shape index (κ2) is 6.52. The lowest BCUT2D eigenvalue weighted by Crippen LogP contribution is -2.30. The molecule has 108 valence electrons. The van der Waals surface area contributed by atoms with Crippen molar-refractivity contribution in [3.63, 3.8) is 0 Å². The van der Waals surface area contributed by atoms with Crippen molar-refractivity contribution < 1.29 is 24.2 Å². The van der Waals surface area contributed by atoms with Crippen molar-refractivity contribution in [3.8, 4) is 0 Å². The standard InChI is InChI=1S/C15H18O5/c1-2-19-15(18)12(14(16)17)9-13-11-6-4-3-5-10(11)7-8-20-13/h3-6,12-13H,2,7-9H2,1H3,(H,16,17). The number of fused-ring (bicyclic) bond motifs is 1. The van der Waals surface area contributed by atoms with E-state index in [1.54, 1.807) is 6.92 Å². The first-order chi connectivity index (χ1) is 9.63. The molecular weight excluding hydrogens is 260 g/mol. The first-order valence-corrected chi connectivity index (χ1v) is 6.72. The van der Waals surface area contributed by atoms with E-state index in [4.69, 9.17) is 9.47 Å². The Kier molecular flexibility index (Phi) is 4.74. The topological polar surface area (TPSA) is 72.8 Å². The molecule has 1 heterocycles. The first-order valence-electron chi connectivity index (χ1n) is 6.72. The lowest BCUT2D eigenvalue weighted by molar-refractivity contribution is -0.160. The third-order valence-corrected chi connectivity index (χ3v) is 3.41. The molecule has 2 rings (SSSR count). The van der Waals surface area contributed by atoms with Crippen LogP contribution >= 0.6 is 0 Å². The van der Waals surface area contributed by atoms with Crippen molar-refractivity contribution in [1.82, 2.24) is 0 Å². The summed E-state index contributed by atoms with van der Waals surface area (Å²) in [6.45, 7) is 2.37. The fourth-order valence-corrected chi connectivity index (χ4v) is 2.43. The van der Waals surface area contributed by atoms with Gasteiger partial charge in [-0.3, -0.25) is 9.59 Å². The number of esters is 1. The van der Waals surface area contributed by atoms with Crippen LogP contribution in [0, 0.1) is 5.92 Å². The Morgan fingerprint density at radius 2 is 2.20 bits per heavy atom. The van der Waals surface area contributed by atoms with Crippen LogP contribution in [0.15, 0.2) is 24.3 Å². The minimum absolute atomic E-state index is 0.102. The molecule has 0 saturated carbocycles. The van der Waals surface area contributed by atoms with Crippen LogP contribution < -0.4 is 0 Å². The molecule has 5 heteroatoms. The molecule has 1 aromatic rings. The van der Waals surface area contributed by atoms with E-state index >= 15 is 0 Å². The number of hydrogen-bond donors (Lipinski definition) is 1. The Balaban J connectivity index is 2.16. The Morgan fingerprint density at radius 3 is 2.90 bits per heavy atom. The van der Waals surface area contributed by atoms with E-state index in [2.05, 4.69) is 0 Å². The van der Waals surface area contributed by atoms with Crippen LogP contribution in [-0.4, -0.2) is 30.3 Å². The molecule has 1 aliphatic rings. The minimum Gasteiger partial charge on any atom is -0.481 e. The van der Waals surface area contributed by atoms with E-state index < -0.39 is 17.9 Å². The summed E-state index contributed by atoms with van der Waals surface area (Å²) in [5, 5.41) is 9.19. The molecule has 2 unspecified atom stereocenters. The lowest BCUT2D eigenvalue weighted by atomic mass is 9.91. The lowest BCUT2D eigenvalue weighted by Gasteiger charge is -2.27. The molecule has 5 nitrogen and oxygen atoms in total. The van der Waals surface area contributed by atoms with Gasteiger partial charge in [-0.2, -0.15) is 0 Å². The summed E-state index contributed by atoms with van der Waals surface area (Å²) in [4.78, 5) is 23.0. The molecule has 20 heavy (non-hydrogen) atoms. The number of carboxylic acid groups (broad SMARTS) is 1. The third kappa shape index (κ3) is 3.17. The van der Waals surface area contributed by atoms with Gasteiger partial charge in [-0.25, -0.2) is 0 Å². The van der Waals surface area contributed by atoms with Gasteiger partial charge in [-0.05, 0) is 24.5 Å². The number of aliphatic carboxylic acids is 1. The predicted molar refractivity (Wildman–Crippen MR) is 71.2 cm³/mol. The molecule has 0 aliphatic carbocycles. The van der Waals surface area contributed by atoms with Crippen molar-refractivity contribution in [3.05, 3.63) is 35.4 Å². The zero-order chi connectivity index (χ0) is 14.5. The molecule has 0 bridgehead atoms. The largest absolute Gasteiger partial charge is 0.481 e. The average Bonchev–Trinajstić information content (AvgIpc) is 2.44. The smallest absolute Gasteiger partial charge is 0.320 e. The molecule has 0 amide bonds. The highest BCUT2D eigenvalue weighted by molar-refractivity contribution is 5.93. The molecule has 1 N–H and O–H groups in total. The van der Waals surface area contributed by atoms with Gasteiger partial charge in [-0.15, -0.1) is 0 Å². The van der Waals surface area contributed by atoms with Crippen LogP contribution in [0.5, 0.6) is 0 Å². The molecule has 2 atom stereocenters. The Labute approximate surface area is 117 Å². The van der Waals surface area contributed by atoms with E-state index in [1.807, 2.05) is 24.3 Å². The van der Waals surface area contributed by atoms with Crippen molar-refractivity contribution in [2.75, 3.05) is 13.2 Å². The van der Waals surface area contributed by atoms with Gasteiger partial charge < -0.3 is 14.6 Å². The maximum absolute atomic E-state index is 11.7. The molecule has 0 radical (unpaired) electrons. The summed E-state index contributed by atoms with van der Waals surface area (Å²) in [6, 6.07) is 7.76. The second-order valence-electron chi connectivity index (χ2n) is 4.69. The van der Waals surface area contributed by atoms with Gasteiger partial charge in [0.25, 0.3) is 0 Å². The van der Waals surface area contributed by atoms with Crippen LogP contribution in [0.2, 0.25) is 0 Å². The summed E-state index contributed by atoms with van der Waals surface area (Å²) in [6.07, 6.45) is 0.542. The summed E-state index contributed by atoms with van der Waals surface area (Å²) in [5.41, 5.74) is 2.12. The minimum atomic E-state index is -1.19. The van der Waals surface area contributed by atoms with Gasteiger partial charge in [-0.1, -0.05) is 24.3 Å². The van der Waals surface area contributed by atoms with Crippen molar-refractivity contribution >= 4 is 11.9 Å². The van der Waals surface area contributed by atoms with E-state index in [1.165, 1.54) is 0 Å². The van der Waals surface area contributed by atoms with Gasteiger partial charge in [0.2, 0.25) is 0 Å². The summed E-state index contributed by atoms with van der Waals surface area (Å²) >= 11 is 0. The van der Waals surface area contributed by atoms with Crippen LogP contribution in [-0.2, 0) is 25.5 Å². The van der Waals surface area contributed by atoms with Gasteiger partial charge in [0.15, 0.2) is 5.92 Å². The van der Waals surface area contributed by atoms with E-state index in [-0.39, 0.29) is 19.1 Å². The molecule has 1 aliphatic heterocycles. The highest BCUT2D eigenvalue weighted by Crippen LogP contribution is 2.32. The van der Waals surface area contributed by atoms with Crippen molar-refractivity contribution in [2.45, 2.75) is 25.9 Å². The number of carboxylic acids is 1. The van der Waals surface area contributed by atoms with Gasteiger partial charge >= 0.3 is 11.9 Å². The van der Waals surface area contributed by atoms with Crippen molar-refractivity contribution in [2.24, 2.45) is 5.92 Å². The molecule has 0 saturated heterocycles. The fourth-order valence-electron chi connectivity index (χ4n) is 2.43. The quantitative estimate of drug-likeness (QED) is 0.658. The molecule has 0 aromatic heterocycles. The Bertz CT molecular complexity index is 497. The number of benzene rings is 1. The highest BCUT2D eigenvalue weighted by atomic mass is 16.5. The highest BCUT2D eigenvalue weighted by Gasteiger charge is 2.33. The SMILES string of the molecule is CCOC(=O)C(CC1OCCc2ccccc21)C(=O)O. The van der Waals surface area contributed by atoms with Gasteiger partial charge in [0.1, 0.15) is 0 Å². The first kappa shape index (κ1) is 14.5. The van der Waals surface area contributed by atoms with Crippen molar-refractivity contribution in [1.29, 1.82) is 0 Å². The summed E-state index contributed by atoms with van der Waals surface area (Å²) in [7, 11) is 0. The van der Waals surface area contributed by atoms with E-state index in [0.29, 0.717) is 6.61 Å². The predicted octanol–water partition coefficient (Wildman–Crippen LogP) is 1.95. The van der Waals surface area contributed by atoms with Gasteiger partial charge in [0.05, 0.1) is 19.3 Å². The molecule has 0 fully saturated rings. The third-order valence-electron chi connectivity index (χ3n) is 3.41. The number of ether oxygens (including phenoxy) is 2. The van der Waals surface area contributed by atoms with E-state index in [0.717, 1.165) is 17.5 Å². The molecule has 0 spiro atoms. The Hall–Kier alpha value is -1.88. The second-order valence-corrected chi connectivity index (χ2v) is 4.69. The Morgan fingerprint density at radius 1 is 1.45 bits per heavy atom. The summed E-state index contributed by atoms with van der Waals surface area (Å²) in [5.74, 6) is -3.06. The average molecular weight is 278 g/mol. The fraction of sp³-hybridized carbons (Fsp3) is 0.467. The van der Waals surface area contributed by atoms with Crippen LogP contribution in [0.4, 0.5) is 0 Å².